The summed E-state index contributed by atoms with van der Waals surface area (Å²) in [5, 5.41) is 13.0. The van der Waals surface area contributed by atoms with Gasteiger partial charge >= 0.3 is 6.09 Å². The molecule has 21 heavy (non-hydrogen) atoms. The highest BCUT2D eigenvalue weighted by Crippen LogP contribution is 2.20. The molecule has 0 unspecified atom stereocenters. The van der Waals surface area contributed by atoms with Crippen molar-refractivity contribution in [3.8, 4) is 0 Å². The van der Waals surface area contributed by atoms with Crippen molar-refractivity contribution in [3.63, 3.8) is 0 Å². The first kappa shape index (κ1) is 13.6. The number of carbonyl (C=O) groups is 1. The van der Waals surface area contributed by atoms with E-state index in [4.69, 9.17) is 5.11 Å². The van der Waals surface area contributed by atoms with Crippen LogP contribution in [0, 0.1) is 0 Å². The number of rotatable bonds is 2. The van der Waals surface area contributed by atoms with E-state index >= 15 is 0 Å². The molecule has 2 heterocycles. The maximum absolute atomic E-state index is 14.0. The Morgan fingerprint density at radius 1 is 1.33 bits per heavy atom. The van der Waals surface area contributed by atoms with Gasteiger partial charge in [0.1, 0.15) is 12.0 Å². The Morgan fingerprint density at radius 2 is 2.14 bits per heavy atom. The molecule has 1 aliphatic rings. The number of fused-ring (bicyclic) bond motifs is 1. The molecule has 1 aliphatic heterocycles. The number of nitrogens with zero attached hydrogens (tertiary/aromatic N) is 2. The van der Waals surface area contributed by atoms with Crippen molar-refractivity contribution >= 4 is 22.8 Å². The van der Waals surface area contributed by atoms with E-state index in [2.05, 4.69) is 10.3 Å². The molecule has 5 nitrogen and oxygen atoms in total. The predicted octanol–water partition coefficient (Wildman–Crippen LogP) is 2.74. The maximum Gasteiger partial charge on any atom is 0.407 e. The first-order valence-electron chi connectivity index (χ1n) is 6.88. The number of pyridine rings is 1. The van der Waals surface area contributed by atoms with E-state index in [1.54, 1.807) is 6.07 Å². The fourth-order valence-corrected chi connectivity index (χ4v) is 2.57. The van der Waals surface area contributed by atoms with Crippen molar-refractivity contribution in [2.75, 3.05) is 18.4 Å². The zero-order valence-electron chi connectivity index (χ0n) is 11.4. The highest BCUT2D eigenvalue weighted by molar-refractivity contribution is 5.80. The monoisotopic (exact) mass is 289 g/mol. The van der Waals surface area contributed by atoms with Crippen LogP contribution >= 0.6 is 0 Å². The van der Waals surface area contributed by atoms with Gasteiger partial charge in [-0.25, -0.2) is 14.2 Å². The van der Waals surface area contributed by atoms with Gasteiger partial charge in [-0.05, 0) is 24.6 Å². The third-order valence-corrected chi connectivity index (χ3v) is 3.73. The zero-order chi connectivity index (χ0) is 14.8. The van der Waals surface area contributed by atoms with E-state index < -0.39 is 18.3 Å². The fraction of sp³-hybridized carbons (Fsp3) is 0.333. The van der Waals surface area contributed by atoms with Crippen LogP contribution in [-0.4, -0.2) is 46.4 Å². The number of anilines is 1. The number of piperidine rings is 1. The second kappa shape index (κ2) is 5.55. The van der Waals surface area contributed by atoms with Gasteiger partial charge in [0.2, 0.25) is 0 Å². The number of benzene rings is 1. The normalized spacial score (nSPS) is 22.2. The van der Waals surface area contributed by atoms with Gasteiger partial charge in [0.15, 0.2) is 0 Å². The molecule has 2 atom stereocenters. The van der Waals surface area contributed by atoms with Gasteiger partial charge in [0, 0.05) is 18.5 Å². The molecule has 0 saturated carbocycles. The number of aromatic nitrogens is 1. The summed E-state index contributed by atoms with van der Waals surface area (Å²) in [7, 11) is 0. The van der Waals surface area contributed by atoms with E-state index in [9.17, 15) is 9.18 Å². The Hall–Kier alpha value is -2.37. The Balaban J connectivity index is 1.78. The summed E-state index contributed by atoms with van der Waals surface area (Å²) < 4.78 is 14.0. The number of halogens is 1. The maximum atomic E-state index is 14.0. The van der Waals surface area contributed by atoms with Crippen LogP contribution in [-0.2, 0) is 0 Å². The summed E-state index contributed by atoms with van der Waals surface area (Å²) in [6, 6.07) is 10.8. The molecule has 1 amide bonds. The van der Waals surface area contributed by atoms with E-state index in [-0.39, 0.29) is 19.5 Å². The van der Waals surface area contributed by atoms with E-state index in [1.807, 2.05) is 30.3 Å². The molecule has 6 heteroatoms. The Bertz CT molecular complexity index is 664. The molecule has 0 bridgehead atoms. The van der Waals surface area contributed by atoms with Crippen molar-refractivity contribution in [1.29, 1.82) is 0 Å². The third-order valence-electron chi connectivity index (χ3n) is 3.73. The molecule has 110 valence electrons. The number of para-hydroxylation sites is 1. The van der Waals surface area contributed by atoms with Crippen LogP contribution < -0.4 is 5.32 Å². The van der Waals surface area contributed by atoms with Gasteiger partial charge in [-0.3, -0.25) is 0 Å². The molecule has 1 fully saturated rings. The summed E-state index contributed by atoms with van der Waals surface area (Å²) in [5.74, 6) is 0.564. The molecule has 2 N–H and O–H groups in total. The number of nitrogens with one attached hydrogen (secondary N) is 1. The molecule has 1 saturated heterocycles. The number of carboxylic acid groups (broad SMARTS) is 1. The fourth-order valence-electron chi connectivity index (χ4n) is 2.57. The van der Waals surface area contributed by atoms with Crippen LogP contribution in [0.5, 0.6) is 0 Å². The topological polar surface area (TPSA) is 65.5 Å². The quantitative estimate of drug-likeness (QED) is 0.892. The minimum Gasteiger partial charge on any atom is -0.465 e. The summed E-state index contributed by atoms with van der Waals surface area (Å²) >= 11 is 0. The number of amides is 1. The standard InChI is InChI=1S/C15H16FN3O2/c16-11-7-8-19(15(20)21)9-13(11)18-14-6-5-10-3-1-2-4-12(10)17-14/h1-6,11,13H,7-9H2,(H,17,18)(H,20,21)/t11-,13+/m1/s1. The smallest absolute Gasteiger partial charge is 0.407 e. The van der Waals surface area contributed by atoms with Gasteiger partial charge in [0.25, 0.3) is 0 Å². The van der Waals surface area contributed by atoms with Crippen LogP contribution in [0.25, 0.3) is 10.9 Å². The zero-order valence-corrected chi connectivity index (χ0v) is 11.4. The van der Waals surface area contributed by atoms with Crippen molar-refractivity contribution in [2.24, 2.45) is 0 Å². The minimum absolute atomic E-state index is 0.130. The number of alkyl halides is 1. The minimum atomic E-state index is -1.08. The summed E-state index contributed by atoms with van der Waals surface area (Å²) in [6.07, 6.45) is -1.88. The van der Waals surface area contributed by atoms with Gasteiger partial charge in [-0.15, -0.1) is 0 Å². The van der Waals surface area contributed by atoms with E-state index in [0.717, 1.165) is 10.9 Å². The van der Waals surface area contributed by atoms with Crippen LogP contribution in [0.15, 0.2) is 36.4 Å². The molecular weight excluding hydrogens is 273 g/mol. The lowest BCUT2D eigenvalue weighted by Crippen LogP contribution is -2.50. The molecule has 3 rings (SSSR count). The van der Waals surface area contributed by atoms with Crippen molar-refractivity contribution in [2.45, 2.75) is 18.6 Å². The highest BCUT2D eigenvalue weighted by atomic mass is 19.1. The van der Waals surface area contributed by atoms with Crippen LogP contribution in [0.1, 0.15) is 6.42 Å². The number of hydrogen-bond acceptors (Lipinski definition) is 3. The average molecular weight is 289 g/mol. The lowest BCUT2D eigenvalue weighted by Gasteiger charge is -2.34. The highest BCUT2D eigenvalue weighted by Gasteiger charge is 2.31. The molecule has 0 radical (unpaired) electrons. The summed E-state index contributed by atoms with van der Waals surface area (Å²) in [6.45, 7) is 0.366. The molecular formula is C15H16FN3O2. The Morgan fingerprint density at radius 3 is 2.95 bits per heavy atom. The first-order chi connectivity index (χ1) is 10.1. The molecule has 1 aromatic carbocycles. The Labute approximate surface area is 121 Å². The third kappa shape index (κ3) is 2.89. The number of hydrogen-bond donors (Lipinski definition) is 2. The van der Waals surface area contributed by atoms with Crippen molar-refractivity contribution in [1.82, 2.24) is 9.88 Å². The lowest BCUT2D eigenvalue weighted by molar-refractivity contribution is 0.108. The molecule has 0 aliphatic carbocycles. The van der Waals surface area contributed by atoms with Gasteiger partial charge in [0.05, 0.1) is 11.6 Å². The molecule has 2 aromatic rings. The lowest BCUT2D eigenvalue weighted by atomic mass is 10.0. The summed E-state index contributed by atoms with van der Waals surface area (Å²) in [4.78, 5) is 16.7. The molecule has 0 spiro atoms. The van der Waals surface area contributed by atoms with Crippen molar-refractivity contribution in [3.05, 3.63) is 36.4 Å². The van der Waals surface area contributed by atoms with Gasteiger partial charge in [-0.2, -0.15) is 0 Å². The second-order valence-electron chi connectivity index (χ2n) is 5.17. The van der Waals surface area contributed by atoms with E-state index in [1.165, 1.54) is 4.90 Å². The van der Waals surface area contributed by atoms with E-state index in [0.29, 0.717) is 5.82 Å². The first-order valence-corrected chi connectivity index (χ1v) is 6.88. The predicted molar refractivity (Wildman–Crippen MR) is 78.3 cm³/mol. The largest absolute Gasteiger partial charge is 0.465 e. The van der Waals surface area contributed by atoms with Crippen LogP contribution in [0.4, 0.5) is 15.0 Å². The number of likely N-dealkylation sites (tertiary alicyclic amines) is 1. The summed E-state index contributed by atoms with van der Waals surface area (Å²) in [5.41, 5.74) is 0.823. The van der Waals surface area contributed by atoms with Crippen molar-refractivity contribution < 1.29 is 14.3 Å². The molecule has 1 aromatic heterocycles. The van der Waals surface area contributed by atoms with Crippen LogP contribution in [0.2, 0.25) is 0 Å². The van der Waals surface area contributed by atoms with Crippen LogP contribution in [0.3, 0.4) is 0 Å². The second-order valence-corrected chi connectivity index (χ2v) is 5.17. The SMILES string of the molecule is O=C(O)N1CC[C@@H](F)[C@@H](Nc2ccc3ccccc3n2)C1. The average Bonchev–Trinajstić information content (AvgIpc) is 2.49. The Kier molecular flexibility index (Phi) is 3.60. The van der Waals surface area contributed by atoms with Gasteiger partial charge < -0.3 is 15.3 Å². The van der Waals surface area contributed by atoms with Gasteiger partial charge in [-0.1, -0.05) is 18.2 Å².